The quantitative estimate of drug-likeness (QED) is 0.689. The molecule has 0 fully saturated rings. The number of hydrogen-bond acceptors (Lipinski definition) is 6. The van der Waals surface area contributed by atoms with E-state index >= 15 is 0 Å². The molecule has 1 amide bonds. The van der Waals surface area contributed by atoms with Crippen molar-refractivity contribution >= 4 is 23.4 Å². The predicted molar refractivity (Wildman–Crippen MR) is 99.7 cm³/mol. The van der Waals surface area contributed by atoms with Crippen LogP contribution in [-0.2, 0) is 4.79 Å². The Bertz CT molecular complexity index is 971. The van der Waals surface area contributed by atoms with Crippen molar-refractivity contribution in [3.05, 3.63) is 59.2 Å². The summed E-state index contributed by atoms with van der Waals surface area (Å²) in [4.78, 5) is 12.0. The molecule has 0 aliphatic rings. The summed E-state index contributed by atoms with van der Waals surface area (Å²) in [5.41, 5.74) is 4.17. The fourth-order valence-electron chi connectivity index (χ4n) is 2.47. The molecule has 26 heavy (non-hydrogen) atoms. The molecule has 6 nitrogen and oxygen atoms in total. The summed E-state index contributed by atoms with van der Waals surface area (Å²) in [6, 6.07) is 14.8. The van der Waals surface area contributed by atoms with E-state index < -0.39 is 0 Å². The molecule has 0 unspecified atom stereocenters. The molecular weight excluding hydrogens is 348 g/mol. The van der Waals surface area contributed by atoms with Crippen molar-refractivity contribution < 1.29 is 9.21 Å². The Kier molecular flexibility index (Phi) is 5.34. The first-order chi connectivity index (χ1) is 12.5. The Hall–Kier alpha value is -3.11. The Balaban J connectivity index is 1.61. The molecule has 0 aliphatic heterocycles. The van der Waals surface area contributed by atoms with Crippen molar-refractivity contribution in [1.82, 2.24) is 10.2 Å². The second kappa shape index (κ2) is 7.85. The van der Waals surface area contributed by atoms with E-state index in [2.05, 4.69) is 21.6 Å². The maximum Gasteiger partial charge on any atom is 0.277 e. The van der Waals surface area contributed by atoms with Crippen LogP contribution >= 0.6 is 11.8 Å². The monoisotopic (exact) mass is 364 g/mol. The lowest BCUT2D eigenvalue weighted by Crippen LogP contribution is -2.14. The fourth-order valence-corrected chi connectivity index (χ4v) is 3.04. The minimum Gasteiger partial charge on any atom is -0.411 e. The van der Waals surface area contributed by atoms with Crippen LogP contribution in [0, 0.1) is 25.2 Å². The molecule has 130 valence electrons. The average molecular weight is 364 g/mol. The number of amides is 1. The minimum absolute atomic E-state index is 0.130. The van der Waals surface area contributed by atoms with Crippen LogP contribution in [0.25, 0.3) is 11.5 Å². The summed E-state index contributed by atoms with van der Waals surface area (Å²) in [6.07, 6.45) is 0. The van der Waals surface area contributed by atoms with Crippen LogP contribution in [0.15, 0.2) is 52.1 Å². The van der Waals surface area contributed by atoms with E-state index in [0.717, 1.165) is 28.5 Å². The van der Waals surface area contributed by atoms with E-state index in [1.165, 1.54) is 0 Å². The van der Waals surface area contributed by atoms with Crippen LogP contribution in [-0.4, -0.2) is 21.9 Å². The number of nitrogens with zero attached hydrogens (tertiary/aromatic N) is 3. The molecule has 0 atom stereocenters. The molecule has 0 radical (unpaired) electrons. The number of carbonyl (C=O) groups is 1. The number of anilines is 1. The van der Waals surface area contributed by atoms with Gasteiger partial charge in [0.2, 0.25) is 11.8 Å². The van der Waals surface area contributed by atoms with Crippen molar-refractivity contribution in [2.45, 2.75) is 19.1 Å². The normalized spacial score (nSPS) is 10.3. The maximum atomic E-state index is 12.0. The van der Waals surface area contributed by atoms with Gasteiger partial charge in [0.1, 0.15) is 0 Å². The van der Waals surface area contributed by atoms with Gasteiger partial charge in [-0.2, -0.15) is 5.26 Å². The lowest BCUT2D eigenvalue weighted by Gasteiger charge is -2.03. The molecule has 0 spiro atoms. The zero-order valence-corrected chi connectivity index (χ0v) is 15.1. The van der Waals surface area contributed by atoms with Gasteiger partial charge in [-0.05, 0) is 44.2 Å². The van der Waals surface area contributed by atoms with Crippen molar-refractivity contribution in [3.8, 4) is 17.5 Å². The van der Waals surface area contributed by atoms with Crippen LogP contribution < -0.4 is 5.32 Å². The number of benzene rings is 2. The molecule has 0 saturated heterocycles. The van der Waals surface area contributed by atoms with Gasteiger partial charge in [0.25, 0.3) is 5.22 Å². The van der Waals surface area contributed by atoms with Crippen LogP contribution in [0.2, 0.25) is 0 Å². The maximum absolute atomic E-state index is 12.0. The van der Waals surface area contributed by atoms with Crippen molar-refractivity contribution in [1.29, 1.82) is 5.26 Å². The van der Waals surface area contributed by atoms with Gasteiger partial charge >= 0.3 is 0 Å². The predicted octanol–water partition coefficient (Wildman–Crippen LogP) is 3.96. The summed E-state index contributed by atoms with van der Waals surface area (Å²) in [5, 5.41) is 20.0. The van der Waals surface area contributed by atoms with Crippen molar-refractivity contribution in [3.63, 3.8) is 0 Å². The Morgan fingerprint density at radius 1 is 1.19 bits per heavy atom. The SMILES string of the molecule is Cc1cc(C)cc(-c2nnc(SCC(=O)Nc3cccc(C#N)c3)o2)c1. The summed E-state index contributed by atoms with van der Waals surface area (Å²) >= 11 is 1.16. The zero-order valence-electron chi connectivity index (χ0n) is 14.3. The van der Waals surface area contributed by atoms with Crippen LogP contribution in [0.1, 0.15) is 16.7 Å². The molecule has 7 heteroatoms. The summed E-state index contributed by atoms with van der Waals surface area (Å²) in [6.45, 7) is 4.02. The highest BCUT2D eigenvalue weighted by atomic mass is 32.2. The van der Waals surface area contributed by atoms with E-state index in [-0.39, 0.29) is 11.7 Å². The fraction of sp³-hybridized carbons (Fsp3) is 0.158. The number of carbonyl (C=O) groups excluding carboxylic acids is 1. The number of thioether (sulfide) groups is 1. The van der Waals surface area contributed by atoms with Gasteiger partial charge in [-0.3, -0.25) is 4.79 Å². The Morgan fingerprint density at radius 3 is 2.69 bits per heavy atom. The molecule has 1 N–H and O–H groups in total. The largest absolute Gasteiger partial charge is 0.411 e. The highest BCUT2D eigenvalue weighted by Gasteiger charge is 2.12. The summed E-state index contributed by atoms with van der Waals surface area (Å²) in [5.74, 6) is 0.350. The zero-order chi connectivity index (χ0) is 18.5. The van der Waals surface area contributed by atoms with Gasteiger partial charge in [0.05, 0.1) is 17.4 Å². The first-order valence-electron chi connectivity index (χ1n) is 7.88. The highest BCUT2D eigenvalue weighted by molar-refractivity contribution is 7.99. The third-order valence-corrected chi connectivity index (χ3v) is 4.30. The lowest BCUT2D eigenvalue weighted by atomic mass is 10.1. The molecule has 0 saturated carbocycles. The van der Waals surface area contributed by atoms with Gasteiger partial charge in [0, 0.05) is 11.3 Å². The molecular formula is C19H16N4O2S. The van der Waals surface area contributed by atoms with Crippen molar-refractivity contribution in [2.75, 3.05) is 11.1 Å². The standard InChI is InChI=1S/C19H16N4O2S/c1-12-6-13(2)8-15(7-12)18-22-23-19(25-18)26-11-17(24)21-16-5-3-4-14(9-16)10-20/h3-9H,11H2,1-2H3,(H,21,24). The van der Waals surface area contributed by atoms with E-state index in [1.54, 1.807) is 24.3 Å². The summed E-state index contributed by atoms with van der Waals surface area (Å²) < 4.78 is 5.63. The van der Waals surface area contributed by atoms with E-state index in [1.807, 2.05) is 32.0 Å². The van der Waals surface area contributed by atoms with E-state index in [4.69, 9.17) is 9.68 Å². The number of hydrogen-bond donors (Lipinski definition) is 1. The Labute approximate surface area is 155 Å². The molecule has 0 bridgehead atoms. The average Bonchev–Trinajstić information content (AvgIpc) is 3.08. The van der Waals surface area contributed by atoms with Gasteiger partial charge in [-0.15, -0.1) is 10.2 Å². The second-order valence-corrected chi connectivity index (χ2v) is 6.71. The third-order valence-electron chi connectivity index (χ3n) is 3.48. The topological polar surface area (TPSA) is 91.8 Å². The molecule has 1 heterocycles. The number of rotatable bonds is 5. The molecule has 0 aliphatic carbocycles. The Morgan fingerprint density at radius 2 is 1.96 bits per heavy atom. The van der Waals surface area contributed by atoms with Gasteiger partial charge in [0.15, 0.2) is 0 Å². The van der Waals surface area contributed by atoms with Gasteiger partial charge in [-0.25, -0.2) is 0 Å². The number of nitriles is 1. The van der Waals surface area contributed by atoms with E-state index in [9.17, 15) is 4.79 Å². The number of aromatic nitrogens is 2. The molecule has 3 rings (SSSR count). The number of aryl methyl sites for hydroxylation is 2. The summed E-state index contributed by atoms with van der Waals surface area (Å²) in [7, 11) is 0. The van der Waals surface area contributed by atoms with E-state index in [0.29, 0.717) is 22.4 Å². The van der Waals surface area contributed by atoms with Gasteiger partial charge in [-0.1, -0.05) is 35.0 Å². The molecule has 1 aromatic heterocycles. The smallest absolute Gasteiger partial charge is 0.277 e. The van der Waals surface area contributed by atoms with Crippen LogP contribution in [0.5, 0.6) is 0 Å². The lowest BCUT2D eigenvalue weighted by molar-refractivity contribution is -0.113. The number of nitrogens with one attached hydrogen (secondary N) is 1. The third kappa shape index (κ3) is 4.49. The van der Waals surface area contributed by atoms with Gasteiger partial charge < -0.3 is 9.73 Å². The molecule has 3 aromatic rings. The first-order valence-corrected chi connectivity index (χ1v) is 8.87. The first kappa shape index (κ1) is 17.7. The molecule has 2 aromatic carbocycles. The van der Waals surface area contributed by atoms with Crippen LogP contribution in [0.3, 0.4) is 0 Å². The highest BCUT2D eigenvalue weighted by Crippen LogP contribution is 2.25. The minimum atomic E-state index is -0.212. The second-order valence-electron chi connectivity index (χ2n) is 5.78. The van der Waals surface area contributed by atoms with Crippen LogP contribution in [0.4, 0.5) is 5.69 Å². The van der Waals surface area contributed by atoms with Crippen molar-refractivity contribution in [2.24, 2.45) is 0 Å².